The number of carbonyl (C=O) groups excluding carboxylic acids is 1. The monoisotopic (exact) mass is 342 g/mol. The molecule has 0 aromatic carbocycles. The normalized spacial score (nSPS) is 19.5. The van der Waals surface area contributed by atoms with E-state index in [1.165, 1.54) is 12.4 Å². The average molecular weight is 342 g/mol. The van der Waals surface area contributed by atoms with Crippen LogP contribution in [0.5, 0.6) is 0 Å². The van der Waals surface area contributed by atoms with Gasteiger partial charge in [0.1, 0.15) is 0 Å². The minimum Gasteiger partial charge on any atom is -0.385 e. The third-order valence-electron chi connectivity index (χ3n) is 3.78. The zero-order valence-corrected chi connectivity index (χ0v) is 14.2. The fraction of sp³-hybridized carbons (Fsp3) is 0.643. The predicted octanol–water partition coefficient (Wildman–Crippen LogP) is -0.134. The molecule has 1 unspecified atom stereocenters. The molecule has 0 spiro atoms. The number of nitrogens with zero attached hydrogens (tertiary/aromatic N) is 3. The summed E-state index contributed by atoms with van der Waals surface area (Å²) >= 11 is 0. The van der Waals surface area contributed by atoms with E-state index in [-0.39, 0.29) is 23.5 Å². The Balaban J connectivity index is 1.92. The number of nitrogens with one attached hydrogen (secondary N) is 1. The first kappa shape index (κ1) is 17.6. The first-order chi connectivity index (χ1) is 10.9. The highest BCUT2D eigenvalue weighted by Crippen LogP contribution is 2.19. The lowest BCUT2D eigenvalue weighted by Gasteiger charge is -2.23. The van der Waals surface area contributed by atoms with Crippen LogP contribution >= 0.6 is 0 Å². The van der Waals surface area contributed by atoms with E-state index in [9.17, 15) is 13.2 Å². The summed E-state index contributed by atoms with van der Waals surface area (Å²) in [5.74, 6) is 0.500. The molecule has 23 heavy (non-hydrogen) atoms. The minimum absolute atomic E-state index is 0.117. The van der Waals surface area contributed by atoms with Crippen LogP contribution in [0.2, 0.25) is 0 Å². The van der Waals surface area contributed by atoms with Crippen LogP contribution in [0.3, 0.4) is 0 Å². The van der Waals surface area contributed by atoms with Crippen molar-refractivity contribution in [2.75, 3.05) is 43.7 Å². The molecule has 1 aliphatic rings. The van der Waals surface area contributed by atoms with Gasteiger partial charge in [0.15, 0.2) is 9.84 Å². The highest BCUT2D eigenvalue weighted by Gasteiger charge is 2.31. The van der Waals surface area contributed by atoms with Crippen molar-refractivity contribution in [1.82, 2.24) is 15.3 Å². The Morgan fingerprint density at radius 3 is 2.70 bits per heavy atom. The van der Waals surface area contributed by atoms with Gasteiger partial charge in [-0.3, -0.25) is 4.79 Å². The van der Waals surface area contributed by atoms with Crippen LogP contribution in [0.15, 0.2) is 12.4 Å². The molecule has 1 aromatic heterocycles. The number of sulfone groups is 1. The maximum Gasteiger partial charge on any atom is 0.254 e. The van der Waals surface area contributed by atoms with Gasteiger partial charge in [0.25, 0.3) is 5.91 Å². The van der Waals surface area contributed by atoms with Gasteiger partial charge in [-0.05, 0) is 12.8 Å². The fourth-order valence-corrected chi connectivity index (χ4v) is 4.16. The molecule has 1 saturated heterocycles. The Morgan fingerprint density at radius 2 is 2.13 bits per heavy atom. The van der Waals surface area contributed by atoms with E-state index in [0.29, 0.717) is 31.1 Å². The van der Waals surface area contributed by atoms with E-state index in [2.05, 4.69) is 15.3 Å². The smallest absolute Gasteiger partial charge is 0.254 e. The second-order valence-electron chi connectivity index (χ2n) is 5.54. The van der Waals surface area contributed by atoms with Gasteiger partial charge in [-0.1, -0.05) is 0 Å². The van der Waals surface area contributed by atoms with Crippen molar-refractivity contribution in [2.24, 2.45) is 0 Å². The predicted molar refractivity (Wildman–Crippen MR) is 86.3 cm³/mol. The molecule has 0 saturated carbocycles. The van der Waals surface area contributed by atoms with Crippen LogP contribution in [0.1, 0.15) is 23.2 Å². The van der Waals surface area contributed by atoms with Gasteiger partial charge >= 0.3 is 0 Å². The van der Waals surface area contributed by atoms with Crippen LogP contribution in [0, 0.1) is 0 Å². The molecule has 1 fully saturated rings. The van der Waals surface area contributed by atoms with E-state index in [1.807, 2.05) is 0 Å². The summed E-state index contributed by atoms with van der Waals surface area (Å²) in [4.78, 5) is 22.0. The number of rotatable bonds is 7. The lowest BCUT2D eigenvalue weighted by molar-refractivity contribution is 0.0948. The lowest BCUT2D eigenvalue weighted by Crippen LogP contribution is -2.34. The Hall–Kier alpha value is -1.74. The first-order valence-electron chi connectivity index (χ1n) is 7.45. The van der Waals surface area contributed by atoms with E-state index < -0.39 is 9.84 Å². The molecule has 0 radical (unpaired) electrons. The molecule has 1 atom stereocenters. The standard InChI is InChI=1S/C14H22N4O4S/c1-18(12-4-7-23(20,21)10-12)14-16-8-11(9-17-14)13(19)15-5-3-6-22-2/h8-9,12H,3-7,10H2,1-2H3,(H,15,19). The Morgan fingerprint density at radius 1 is 1.43 bits per heavy atom. The second-order valence-corrected chi connectivity index (χ2v) is 7.77. The van der Waals surface area contributed by atoms with E-state index in [0.717, 1.165) is 6.42 Å². The third kappa shape index (κ3) is 4.87. The SMILES string of the molecule is COCCCNC(=O)c1cnc(N(C)C2CCS(=O)(=O)C2)nc1. The van der Waals surface area contributed by atoms with Crippen LogP contribution in [0.25, 0.3) is 0 Å². The number of amides is 1. The highest BCUT2D eigenvalue weighted by molar-refractivity contribution is 7.91. The second kappa shape index (κ2) is 7.69. The van der Waals surface area contributed by atoms with Gasteiger partial charge in [0, 0.05) is 45.7 Å². The van der Waals surface area contributed by atoms with Crippen LogP contribution in [-0.2, 0) is 14.6 Å². The number of methoxy groups -OCH3 is 1. The summed E-state index contributed by atoms with van der Waals surface area (Å²) in [5.41, 5.74) is 0.374. The number of aromatic nitrogens is 2. The molecule has 2 heterocycles. The van der Waals surface area contributed by atoms with Crippen LogP contribution in [-0.4, -0.2) is 69.1 Å². The maximum absolute atomic E-state index is 11.9. The average Bonchev–Trinajstić information content (AvgIpc) is 2.91. The van der Waals surface area contributed by atoms with Crippen molar-refractivity contribution in [3.05, 3.63) is 18.0 Å². The summed E-state index contributed by atoms with van der Waals surface area (Å²) in [7, 11) is 0.424. The number of hydrogen-bond acceptors (Lipinski definition) is 7. The molecule has 9 heteroatoms. The summed E-state index contributed by atoms with van der Waals surface area (Å²) in [6, 6.07) is -0.117. The molecule has 1 amide bonds. The Bertz CT molecular complexity index is 633. The van der Waals surface area contributed by atoms with Crippen LogP contribution in [0.4, 0.5) is 5.95 Å². The Kier molecular flexibility index (Phi) is 5.89. The summed E-state index contributed by atoms with van der Waals surface area (Å²) < 4.78 is 28.0. The number of hydrogen-bond donors (Lipinski definition) is 1. The van der Waals surface area contributed by atoms with Crippen molar-refractivity contribution in [2.45, 2.75) is 18.9 Å². The van der Waals surface area contributed by atoms with Crippen molar-refractivity contribution >= 4 is 21.7 Å². The first-order valence-corrected chi connectivity index (χ1v) is 9.27. The number of ether oxygens (including phenoxy) is 1. The van der Waals surface area contributed by atoms with Crippen molar-refractivity contribution < 1.29 is 17.9 Å². The molecule has 0 bridgehead atoms. The molecule has 1 aliphatic heterocycles. The van der Waals surface area contributed by atoms with Gasteiger partial charge in [0.2, 0.25) is 5.95 Å². The van der Waals surface area contributed by atoms with Gasteiger partial charge in [0.05, 0.1) is 17.1 Å². The number of carbonyl (C=O) groups is 1. The van der Waals surface area contributed by atoms with Gasteiger partial charge < -0.3 is 15.0 Å². The van der Waals surface area contributed by atoms with E-state index in [1.54, 1.807) is 19.1 Å². The molecule has 1 aromatic rings. The van der Waals surface area contributed by atoms with Crippen molar-refractivity contribution in [3.8, 4) is 0 Å². The van der Waals surface area contributed by atoms with E-state index in [4.69, 9.17) is 4.74 Å². The molecular formula is C14H22N4O4S. The van der Waals surface area contributed by atoms with Gasteiger partial charge in [-0.15, -0.1) is 0 Å². The molecule has 0 aliphatic carbocycles. The zero-order valence-electron chi connectivity index (χ0n) is 13.4. The third-order valence-corrected chi connectivity index (χ3v) is 5.53. The van der Waals surface area contributed by atoms with Crippen LogP contribution < -0.4 is 10.2 Å². The van der Waals surface area contributed by atoms with Gasteiger partial charge in [-0.25, -0.2) is 18.4 Å². The maximum atomic E-state index is 11.9. The summed E-state index contributed by atoms with van der Waals surface area (Å²) in [6.07, 6.45) is 4.21. The highest BCUT2D eigenvalue weighted by atomic mass is 32.2. The zero-order chi connectivity index (χ0) is 16.9. The molecule has 2 rings (SSSR count). The number of anilines is 1. The summed E-state index contributed by atoms with van der Waals surface area (Å²) in [6.45, 7) is 1.11. The van der Waals surface area contributed by atoms with Crippen molar-refractivity contribution in [1.29, 1.82) is 0 Å². The molecule has 128 valence electrons. The topological polar surface area (TPSA) is 101 Å². The molecule has 8 nitrogen and oxygen atoms in total. The minimum atomic E-state index is -2.96. The van der Waals surface area contributed by atoms with E-state index >= 15 is 0 Å². The fourth-order valence-electron chi connectivity index (χ4n) is 2.39. The molecule has 1 N–H and O–H groups in total. The summed E-state index contributed by atoms with van der Waals surface area (Å²) in [5, 5.41) is 2.76. The van der Waals surface area contributed by atoms with Gasteiger partial charge in [-0.2, -0.15) is 0 Å². The van der Waals surface area contributed by atoms with Crippen molar-refractivity contribution in [3.63, 3.8) is 0 Å². The largest absolute Gasteiger partial charge is 0.385 e. The Labute approximate surface area is 136 Å². The quantitative estimate of drug-likeness (QED) is 0.689. The molecular weight excluding hydrogens is 320 g/mol. The lowest BCUT2D eigenvalue weighted by atomic mass is 10.2.